The molecule has 0 aromatic heterocycles. The first-order valence-corrected chi connectivity index (χ1v) is 6.09. The van der Waals surface area contributed by atoms with Crippen molar-refractivity contribution in [3.63, 3.8) is 0 Å². The van der Waals surface area contributed by atoms with Crippen LogP contribution in [0.4, 0.5) is 0 Å². The highest BCUT2D eigenvalue weighted by molar-refractivity contribution is 5.66. The molecule has 94 valence electrons. The zero-order valence-corrected chi connectivity index (χ0v) is 10.5. The highest BCUT2D eigenvalue weighted by atomic mass is 16.4. The van der Waals surface area contributed by atoms with Gasteiger partial charge in [-0.2, -0.15) is 0 Å². The molecular formula is C14H21NO2. The topological polar surface area (TPSA) is 63.3 Å². The second-order valence-electron chi connectivity index (χ2n) is 4.64. The Morgan fingerprint density at radius 2 is 1.94 bits per heavy atom. The number of rotatable bonds is 6. The maximum Gasteiger partial charge on any atom is 0.303 e. The summed E-state index contributed by atoms with van der Waals surface area (Å²) in [5, 5.41) is 8.69. The Morgan fingerprint density at radius 3 is 2.41 bits per heavy atom. The normalized spacial score (nSPS) is 14.3. The Bertz CT molecular complexity index is 359. The van der Waals surface area contributed by atoms with Crippen LogP contribution in [0.25, 0.3) is 0 Å². The number of aryl methyl sites for hydroxylation is 1. The molecule has 0 aliphatic rings. The molecule has 2 unspecified atom stereocenters. The first-order chi connectivity index (χ1) is 8.02. The van der Waals surface area contributed by atoms with E-state index in [1.54, 1.807) is 0 Å². The largest absolute Gasteiger partial charge is 0.481 e. The summed E-state index contributed by atoms with van der Waals surface area (Å²) in [5.41, 5.74) is 8.44. The van der Waals surface area contributed by atoms with Gasteiger partial charge in [-0.1, -0.05) is 38.1 Å². The van der Waals surface area contributed by atoms with Gasteiger partial charge in [-0.05, 0) is 29.9 Å². The van der Waals surface area contributed by atoms with Gasteiger partial charge in [-0.3, -0.25) is 4.79 Å². The lowest BCUT2D eigenvalue weighted by molar-refractivity contribution is -0.138. The van der Waals surface area contributed by atoms with E-state index in [9.17, 15) is 4.79 Å². The van der Waals surface area contributed by atoms with Crippen LogP contribution in [-0.4, -0.2) is 11.1 Å². The van der Waals surface area contributed by atoms with Crippen molar-refractivity contribution in [1.82, 2.24) is 0 Å². The lowest BCUT2D eigenvalue weighted by atomic mass is 9.94. The first kappa shape index (κ1) is 13.7. The summed E-state index contributed by atoms with van der Waals surface area (Å²) in [6, 6.07) is 8.16. The van der Waals surface area contributed by atoms with Gasteiger partial charge in [0.05, 0.1) is 0 Å². The molecule has 0 saturated carbocycles. The van der Waals surface area contributed by atoms with E-state index in [4.69, 9.17) is 10.8 Å². The number of hydrogen-bond acceptors (Lipinski definition) is 2. The molecule has 3 heteroatoms. The van der Waals surface area contributed by atoms with Crippen LogP contribution in [0.2, 0.25) is 0 Å². The molecule has 0 aliphatic carbocycles. The number of carboxylic acids is 1. The van der Waals surface area contributed by atoms with Gasteiger partial charge in [0.1, 0.15) is 0 Å². The van der Waals surface area contributed by atoms with Crippen LogP contribution < -0.4 is 5.73 Å². The third-order valence-electron chi connectivity index (χ3n) is 3.00. The minimum absolute atomic E-state index is 0.0738. The maximum atomic E-state index is 10.6. The maximum absolute atomic E-state index is 10.6. The lowest BCUT2D eigenvalue weighted by Gasteiger charge is -2.16. The summed E-state index contributed by atoms with van der Waals surface area (Å²) < 4.78 is 0. The molecule has 1 aromatic carbocycles. The molecule has 0 aliphatic heterocycles. The van der Waals surface area contributed by atoms with Gasteiger partial charge in [-0.15, -0.1) is 0 Å². The van der Waals surface area contributed by atoms with Crippen LogP contribution in [-0.2, 0) is 11.2 Å². The van der Waals surface area contributed by atoms with Crippen LogP contribution in [0.1, 0.15) is 43.9 Å². The molecule has 0 spiro atoms. The van der Waals surface area contributed by atoms with Crippen LogP contribution in [0.3, 0.4) is 0 Å². The molecule has 0 bridgehead atoms. The summed E-state index contributed by atoms with van der Waals surface area (Å²) in [7, 11) is 0. The zero-order valence-electron chi connectivity index (χ0n) is 10.5. The van der Waals surface area contributed by atoms with Crippen molar-refractivity contribution in [1.29, 1.82) is 0 Å². The van der Waals surface area contributed by atoms with Crippen LogP contribution in [0.5, 0.6) is 0 Å². The second-order valence-corrected chi connectivity index (χ2v) is 4.64. The third-order valence-corrected chi connectivity index (χ3v) is 3.00. The highest BCUT2D eigenvalue weighted by Gasteiger charge is 2.13. The van der Waals surface area contributed by atoms with Gasteiger partial charge < -0.3 is 10.8 Å². The van der Waals surface area contributed by atoms with E-state index in [0.29, 0.717) is 6.42 Å². The molecule has 0 heterocycles. The Balaban J connectivity index is 2.56. The molecule has 2 atom stereocenters. The van der Waals surface area contributed by atoms with E-state index in [-0.39, 0.29) is 18.4 Å². The van der Waals surface area contributed by atoms with Crippen molar-refractivity contribution in [3.05, 3.63) is 35.4 Å². The summed E-state index contributed by atoms with van der Waals surface area (Å²) in [6.45, 7) is 4.04. The SMILES string of the molecule is CCc1ccc(C(N)CC(C)CC(=O)O)cc1. The average Bonchev–Trinajstić information content (AvgIpc) is 2.28. The van der Waals surface area contributed by atoms with Crippen molar-refractivity contribution in [2.75, 3.05) is 0 Å². The molecule has 1 rings (SSSR count). The van der Waals surface area contributed by atoms with E-state index in [1.807, 2.05) is 19.1 Å². The third kappa shape index (κ3) is 4.57. The molecular weight excluding hydrogens is 214 g/mol. The van der Waals surface area contributed by atoms with Crippen molar-refractivity contribution in [2.45, 2.75) is 39.2 Å². The molecule has 0 radical (unpaired) electrons. The predicted molar refractivity (Wildman–Crippen MR) is 68.8 cm³/mol. The van der Waals surface area contributed by atoms with E-state index in [1.165, 1.54) is 5.56 Å². The highest BCUT2D eigenvalue weighted by Crippen LogP contribution is 2.21. The molecule has 0 fully saturated rings. The zero-order chi connectivity index (χ0) is 12.8. The van der Waals surface area contributed by atoms with Crippen molar-refractivity contribution in [2.24, 2.45) is 11.7 Å². The van der Waals surface area contributed by atoms with E-state index < -0.39 is 5.97 Å². The summed E-state index contributed by atoms with van der Waals surface area (Å²) in [6.07, 6.45) is 1.91. The van der Waals surface area contributed by atoms with Gasteiger partial charge in [0.2, 0.25) is 0 Å². The van der Waals surface area contributed by atoms with Crippen molar-refractivity contribution < 1.29 is 9.90 Å². The second kappa shape index (κ2) is 6.40. The minimum atomic E-state index is -0.758. The number of nitrogens with two attached hydrogens (primary N) is 1. The Kier molecular flexibility index (Phi) is 5.16. The minimum Gasteiger partial charge on any atom is -0.481 e. The van der Waals surface area contributed by atoms with Gasteiger partial charge in [0.25, 0.3) is 0 Å². The van der Waals surface area contributed by atoms with E-state index in [2.05, 4.69) is 19.1 Å². The number of aliphatic carboxylic acids is 1. The van der Waals surface area contributed by atoms with Gasteiger partial charge in [0, 0.05) is 12.5 Å². The number of benzene rings is 1. The monoisotopic (exact) mass is 235 g/mol. The standard InChI is InChI=1S/C14H21NO2/c1-3-11-4-6-12(7-5-11)13(15)8-10(2)9-14(16)17/h4-7,10,13H,3,8-9,15H2,1-2H3,(H,16,17). The van der Waals surface area contributed by atoms with Gasteiger partial charge in [-0.25, -0.2) is 0 Å². The Morgan fingerprint density at radius 1 is 1.35 bits per heavy atom. The Hall–Kier alpha value is -1.35. The van der Waals surface area contributed by atoms with Crippen LogP contribution in [0.15, 0.2) is 24.3 Å². The fraction of sp³-hybridized carbons (Fsp3) is 0.500. The summed E-state index contributed by atoms with van der Waals surface area (Å²) in [4.78, 5) is 10.6. The first-order valence-electron chi connectivity index (χ1n) is 6.09. The molecule has 0 saturated heterocycles. The van der Waals surface area contributed by atoms with Gasteiger partial charge >= 0.3 is 5.97 Å². The van der Waals surface area contributed by atoms with Crippen molar-refractivity contribution >= 4 is 5.97 Å². The fourth-order valence-electron chi connectivity index (χ4n) is 1.95. The van der Waals surface area contributed by atoms with E-state index >= 15 is 0 Å². The molecule has 17 heavy (non-hydrogen) atoms. The van der Waals surface area contributed by atoms with Crippen molar-refractivity contribution in [3.8, 4) is 0 Å². The smallest absolute Gasteiger partial charge is 0.303 e. The summed E-state index contributed by atoms with van der Waals surface area (Å²) >= 11 is 0. The Labute approximate surface area is 103 Å². The summed E-state index contributed by atoms with van der Waals surface area (Å²) in [5.74, 6) is -0.653. The van der Waals surface area contributed by atoms with Crippen LogP contribution >= 0.6 is 0 Å². The number of carboxylic acid groups (broad SMARTS) is 1. The number of hydrogen-bond donors (Lipinski definition) is 2. The molecule has 0 amide bonds. The van der Waals surface area contributed by atoms with Crippen LogP contribution in [0, 0.1) is 5.92 Å². The fourth-order valence-corrected chi connectivity index (χ4v) is 1.95. The number of carbonyl (C=O) groups is 1. The average molecular weight is 235 g/mol. The molecule has 1 aromatic rings. The molecule has 3 N–H and O–H groups in total. The van der Waals surface area contributed by atoms with Gasteiger partial charge in [0.15, 0.2) is 0 Å². The molecule has 3 nitrogen and oxygen atoms in total. The predicted octanol–water partition coefficient (Wildman–Crippen LogP) is 2.75. The lowest BCUT2D eigenvalue weighted by Crippen LogP contribution is -2.16. The quantitative estimate of drug-likeness (QED) is 0.797. The van der Waals surface area contributed by atoms with E-state index in [0.717, 1.165) is 12.0 Å².